The summed E-state index contributed by atoms with van der Waals surface area (Å²) in [5.41, 5.74) is 1.09. The first-order valence-corrected chi connectivity index (χ1v) is 4.23. The van der Waals surface area contributed by atoms with E-state index in [0.717, 1.165) is 24.3 Å². The summed E-state index contributed by atoms with van der Waals surface area (Å²) < 4.78 is 5.01. The highest BCUT2D eigenvalue weighted by Crippen LogP contribution is 2.05. The quantitative estimate of drug-likeness (QED) is 0.656. The van der Waals surface area contributed by atoms with E-state index in [1.54, 1.807) is 0 Å². The first-order chi connectivity index (χ1) is 5.34. The van der Waals surface area contributed by atoms with Gasteiger partial charge in [-0.15, -0.1) is 0 Å². The van der Waals surface area contributed by atoms with Crippen LogP contribution in [0.15, 0.2) is 10.8 Å². The van der Waals surface area contributed by atoms with E-state index >= 15 is 0 Å². The maximum absolute atomic E-state index is 5.01. The average molecular weight is 155 g/mol. The van der Waals surface area contributed by atoms with Crippen molar-refractivity contribution >= 4 is 0 Å². The molecule has 11 heavy (non-hydrogen) atoms. The van der Waals surface area contributed by atoms with Gasteiger partial charge in [-0.1, -0.05) is 27.2 Å². The van der Waals surface area contributed by atoms with E-state index in [0.29, 0.717) is 0 Å². The molecule has 0 saturated heterocycles. The number of hydrogen-bond acceptors (Lipinski definition) is 2. The molecule has 2 heteroatoms. The second-order valence-electron chi connectivity index (χ2n) is 2.11. The smallest absolute Gasteiger partial charge is 0.181 e. The third-order valence-electron chi connectivity index (χ3n) is 1.33. The zero-order chi connectivity index (χ0) is 8.69. The van der Waals surface area contributed by atoms with Crippen LogP contribution in [0.5, 0.6) is 0 Å². The molecule has 0 aliphatic carbocycles. The first kappa shape index (κ1) is 10.2. The van der Waals surface area contributed by atoms with Crippen molar-refractivity contribution in [3.63, 3.8) is 0 Å². The summed E-state index contributed by atoms with van der Waals surface area (Å²) in [6.45, 7) is 8.08. The van der Waals surface area contributed by atoms with Gasteiger partial charge in [0, 0.05) is 0 Å². The SMILES string of the molecule is CC.CCCc1ncoc1C. The summed E-state index contributed by atoms with van der Waals surface area (Å²) in [5.74, 6) is 0.955. The average Bonchev–Trinajstić information content (AvgIpc) is 2.42. The highest BCUT2D eigenvalue weighted by molar-refractivity contribution is 5.04. The number of aromatic nitrogens is 1. The van der Waals surface area contributed by atoms with E-state index in [1.165, 1.54) is 6.39 Å². The summed E-state index contributed by atoms with van der Waals surface area (Å²) in [5, 5.41) is 0. The van der Waals surface area contributed by atoms with E-state index in [2.05, 4.69) is 11.9 Å². The van der Waals surface area contributed by atoms with Gasteiger partial charge in [-0.05, 0) is 13.3 Å². The molecule has 1 aromatic heterocycles. The van der Waals surface area contributed by atoms with Crippen LogP contribution in [-0.2, 0) is 6.42 Å². The second-order valence-corrected chi connectivity index (χ2v) is 2.11. The summed E-state index contributed by atoms with van der Waals surface area (Å²) in [4.78, 5) is 4.04. The van der Waals surface area contributed by atoms with Gasteiger partial charge in [-0.25, -0.2) is 4.98 Å². The highest BCUT2D eigenvalue weighted by Gasteiger charge is 1.98. The van der Waals surface area contributed by atoms with Crippen LogP contribution in [0.4, 0.5) is 0 Å². The molecule has 1 heterocycles. The molecule has 0 radical (unpaired) electrons. The molecule has 2 nitrogen and oxygen atoms in total. The van der Waals surface area contributed by atoms with Crippen LogP contribution < -0.4 is 0 Å². The van der Waals surface area contributed by atoms with Crippen molar-refractivity contribution in [1.82, 2.24) is 4.98 Å². The lowest BCUT2D eigenvalue weighted by atomic mass is 10.2. The largest absolute Gasteiger partial charge is 0.449 e. The molecular formula is C9H17NO. The maximum Gasteiger partial charge on any atom is 0.181 e. The van der Waals surface area contributed by atoms with Crippen molar-refractivity contribution in [3.05, 3.63) is 17.8 Å². The van der Waals surface area contributed by atoms with Gasteiger partial charge in [0.05, 0.1) is 5.69 Å². The van der Waals surface area contributed by atoms with Gasteiger partial charge in [0.1, 0.15) is 5.76 Å². The number of aryl methyl sites for hydroxylation is 2. The van der Waals surface area contributed by atoms with Gasteiger partial charge in [-0.3, -0.25) is 0 Å². The molecule has 0 N–H and O–H groups in total. The Morgan fingerprint density at radius 3 is 2.45 bits per heavy atom. The van der Waals surface area contributed by atoms with Gasteiger partial charge in [-0.2, -0.15) is 0 Å². The van der Waals surface area contributed by atoms with Crippen LogP contribution in [-0.4, -0.2) is 4.98 Å². The monoisotopic (exact) mass is 155 g/mol. The lowest BCUT2D eigenvalue weighted by Crippen LogP contribution is -1.84. The molecule has 1 aromatic rings. The van der Waals surface area contributed by atoms with Crippen LogP contribution >= 0.6 is 0 Å². The number of rotatable bonds is 2. The molecule has 0 aromatic carbocycles. The van der Waals surface area contributed by atoms with Gasteiger partial charge < -0.3 is 4.42 Å². The number of hydrogen-bond donors (Lipinski definition) is 0. The van der Waals surface area contributed by atoms with E-state index < -0.39 is 0 Å². The third-order valence-corrected chi connectivity index (χ3v) is 1.33. The van der Waals surface area contributed by atoms with Crippen LogP contribution in [0.3, 0.4) is 0 Å². The van der Waals surface area contributed by atoms with Crippen molar-refractivity contribution in [2.24, 2.45) is 0 Å². The molecule has 0 fully saturated rings. The number of oxazole rings is 1. The van der Waals surface area contributed by atoms with E-state index in [-0.39, 0.29) is 0 Å². The first-order valence-electron chi connectivity index (χ1n) is 4.23. The van der Waals surface area contributed by atoms with Crippen molar-refractivity contribution in [2.75, 3.05) is 0 Å². The van der Waals surface area contributed by atoms with Gasteiger partial charge in [0.25, 0.3) is 0 Å². The fourth-order valence-electron chi connectivity index (χ4n) is 0.805. The Morgan fingerprint density at radius 1 is 1.45 bits per heavy atom. The predicted octanol–water partition coefficient (Wildman–Crippen LogP) is 2.96. The molecule has 0 unspecified atom stereocenters. The van der Waals surface area contributed by atoms with Gasteiger partial charge in [0.2, 0.25) is 0 Å². The van der Waals surface area contributed by atoms with E-state index in [9.17, 15) is 0 Å². The summed E-state index contributed by atoms with van der Waals surface area (Å²) in [6, 6.07) is 0. The highest BCUT2D eigenvalue weighted by atomic mass is 16.3. The molecule has 0 amide bonds. The molecule has 64 valence electrons. The zero-order valence-electron chi connectivity index (χ0n) is 7.85. The Kier molecular flexibility index (Phi) is 5.53. The minimum Gasteiger partial charge on any atom is -0.449 e. The minimum atomic E-state index is 0.955. The maximum atomic E-state index is 5.01. The van der Waals surface area contributed by atoms with Gasteiger partial charge in [0.15, 0.2) is 6.39 Å². The van der Waals surface area contributed by atoms with E-state index in [4.69, 9.17) is 4.42 Å². The molecular weight excluding hydrogens is 138 g/mol. The van der Waals surface area contributed by atoms with Crippen molar-refractivity contribution in [1.29, 1.82) is 0 Å². The molecule has 0 atom stereocenters. The fourth-order valence-corrected chi connectivity index (χ4v) is 0.805. The van der Waals surface area contributed by atoms with Crippen LogP contribution in [0.2, 0.25) is 0 Å². The Balaban J connectivity index is 0.000000461. The predicted molar refractivity (Wildman–Crippen MR) is 46.6 cm³/mol. The van der Waals surface area contributed by atoms with Gasteiger partial charge >= 0.3 is 0 Å². The van der Waals surface area contributed by atoms with Crippen molar-refractivity contribution in [3.8, 4) is 0 Å². The third kappa shape index (κ3) is 3.21. The van der Waals surface area contributed by atoms with Crippen LogP contribution in [0.25, 0.3) is 0 Å². The van der Waals surface area contributed by atoms with E-state index in [1.807, 2.05) is 20.8 Å². The van der Waals surface area contributed by atoms with Crippen molar-refractivity contribution < 1.29 is 4.42 Å². The minimum absolute atomic E-state index is 0.955. The topological polar surface area (TPSA) is 26.0 Å². The second kappa shape index (κ2) is 5.96. The molecule has 0 aliphatic heterocycles. The summed E-state index contributed by atoms with van der Waals surface area (Å²) in [6.07, 6.45) is 3.66. The molecule has 0 bridgehead atoms. The molecule has 1 rings (SSSR count). The number of nitrogens with zero attached hydrogens (tertiary/aromatic N) is 1. The van der Waals surface area contributed by atoms with Crippen molar-refractivity contribution in [2.45, 2.75) is 40.5 Å². The Labute approximate surface area is 68.6 Å². The lowest BCUT2D eigenvalue weighted by Gasteiger charge is -1.88. The summed E-state index contributed by atoms with van der Waals surface area (Å²) >= 11 is 0. The molecule has 0 spiro atoms. The van der Waals surface area contributed by atoms with Crippen LogP contribution in [0.1, 0.15) is 38.6 Å². The molecule has 0 aliphatic rings. The standard InChI is InChI=1S/C7H11NO.C2H6/c1-3-4-7-6(2)9-5-8-7;1-2/h5H,3-4H2,1-2H3;1-2H3. The zero-order valence-corrected chi connectivity index (χ0v) is 7.85. The normalized spacial score (nSPS) is 8.73. The Morgan fingerprint density at radius 2 is 2.09 bits per heavy atom. The molecule has 0 saturated carbocycles. The fraction of sp³-hybridized carbons (Fsp3) is 0.667. The van der Waals surface area contributed by atoms with Crippen LogP contribution in [0, 0.1) is 6.92 Å². The Hall–Kier alpha value is -0.790. The lowest BCUT2D eigenvalue weighted by molar-refractivity contribution is 0.524. The summed E-state index contributed by atoms with van der Waals surface area (Å²) in [7, 11) is 0. The Bertz CT molecular complexity index is 181.